The normalized spacial score (nSPS) is 14.6. The van der Waals surface area contributed by atoms with Gasteiger partial charge in [0.05, 0.1) is 17.2 Å². The van der Waals surface area contributed by atoms with E-state index in [0.29, 0.717) is 18.2 Å². The Labute approximate surface area is 115 Å². The number of carbonyl (C=O) groups excluding carboxylic acids is 1. The molecule has 1 saturated carbocycles. The molecule has 0 spiro atoms. The highest BCUT2D eigenvalue weighted by Gasteiger charge is 2.26. The molecular weight excluding hydrogens is 260 g/mol. The molecule has 0 aliphatic heterocycles. The maximum absolute atomic E-state index is 11.9. The fourth-order valence-electron chi connectivity index (χ4n) is 1.85. The lowest BCUT2D eigenvalue weighted by Crippen LogP contribution is -2.23. The van der Waals surface area contributed by atoms with Crippen molar-refractivity contribution in [3.63, 3.8) is 0 Å². The van der Waals surface area contributed by atoms with Crippen molar-refractivity contribution in [2.45, 2.75) is 32.2 Å². The molecule has 0 bridgehead atoms. The topological polar surface area (TPSA) is 59.8 Å². The third-order valence-corrected chi connectivity index (χ3v) is 4.33. The van der Waals surface area contributed by atoms with Gasteiger partial charge in [-0.1, -0.05) is 0 Å². The molecule has 0 unspecified atom stereocenters. The predicted octanol–water partition coefficient (Wildman–Crippen LogP) is 1.99. The molecule has 2 heterocycles. The van der Waals surface area contributed by atoms with Crippen LogP contribution in [0.3, 0.4) is 0 Å². The van der Waals surface area contributed by atoms with Crippen LogP contribution in [0, 0.1) is 6.92 Å². The van der Waals surface area contributed by atoms with Gasteiger partial charge in [0, 0.05) is 24.0 Å². The lowest BCUT2D eigenvalue weighted by Gasteiger charge is -1.99. The molecule has 6 heteroatoms. The molecular formula is C13H16N4OS. The van der Waals surface area contributed by atoms with Crippen LogP contribution in [0.15, 0.2) is 11.4 Å². The number of amides is 1. The minimum Gasteiger partial charge on any atom is -0.345 e. The largest absolute Gasteiger partial charge is 0.345 e. The Hall–Kier alpha value is -1.69. The van der Waals surface area contributed by atoms with Gasteiger partial charge in [-0.15, -0.1) is 11.3 Å². The number of aryl methyl sites for hydroxylation is 2. The van der Waals surface area contributed by atoms with Crippen LogP contribution in [0.2, 0.25) is 0 Å². The maximum atomic E-state index is 11.9. The van der Waals surface area contributed by atoms with E-state index in [1.54, 1.807) is 22.1 Å². The van der Waals surface area contributed by atoms with Crippen LogP contribution in [0.1, 0.15) is 45.6 Å². The molecule has 0 radical (unpaired) electrons. The molecule has 2 aromatic rings. The van der Waals surface area contributed by atoms with Crippen molar-refractivity contribution >= 4 is 17.2 Å². The zero-order valence-corrected chi connectivity index (χ0v) is 11.8. The monoisotopic (exact) mass is 276 g/mol. The van der Waals surface area contributed by atoms with Crippen molar-refractivity contribution < 1.29 is 4.79 Å². The molecule has 1 aliphatic rings. The third-order valence-electron chi connectivity index (χ3n) is 3.27. The Morgan fingerprint density at radius 3 is 3.00 bits per heavy atom. The van der Waals surface area contributed by atoms with Gasteiger partial charge in [-0.3, -0.25) is 9.48 Å². The zero-order chi connectivity index (χ0) is 13.4. The van der Waals surface area contributed by atoms with Crippen LogP contribution in [-0.4, -0.2) is 20.7 Å². The summed E-state index contributed by atoms with van der Waals surface area (Å²) in [6.45, 7) is 2.39. The van der Waals surface area contributed by atoms with Gasteiger partial charge in [-0.05, 0) is 25.8 Å². The number of thiazole rings is 1. The quantitative estimate of drug-likeness (QED) is 0.929. The summed E-state index contributed by atoms with van der Waals surface area (Å²) in [4.78, 5) is 16.5. The molecule has 5 nitrogen and oxygen atoms in total. The Morgan fingerprint density at radius 1 is 1.58 bits per heavy atom. The number of nitrogens with zero attached hydrogens (tertiary/aromatic N) is 3. The lowest BCUT2D eigenvalue weighted by molar-refractivity contribution is 0.0944. The van der Waals surface area contributed by atoms with Crippen LogP contribution < -0.4 is 5.32 Å². The molecule has 0 aromatic carbocycles. The first-order valence-corrected chi connectivity index (χ1v) is 7.24. The first-order chi connectivity index (χ1) is 9.13. The molecule has 19 heavy (non-hydrogen) atoms. The van der Waals surface area contributed by atoms with E-state index in [-0.39, 0.29) is 5.91 Å². The van der Waals surface area contributed by atoms with E-state index in [2.05, 4.69) is 15.4 Å². The van der Waals surface area contributed by atoms with Crippen molar-refractivity contribution in [3.05, 3.63) is 33.5 Å². The molecule has 3 rings (SSSR count). The second-order valence-corrected chi connectivity index (χ2v) is 5.82. The van der Waals surface area contributed by atoms with E-state index in [1.807, 2.05) is 19.4 Å². The minimum atomic E-state index is -0.148. The Bertz CT molecular complexity index is 592. The molecule has 1 aliphatic carbocycles. The highest BCUT2D eigenvalue weighted by Crippen LogP contribution is 2.41. The third kappa shape index (κ3) is 2.68. The first-order valence-electron chi connectivity index (χ1n) is 6.36. The molecule has 0 saturated heterocycles. The Balaban J connectivity index is 1.60. The van der Waals surface area contributed by atoms with E-state index >= 15 is 0 Å². The van der Waals surface area contributed by atoms with Gasteiger partial charge >= 0.3 is 0 Å². The van der Waals surface area contributed by atoms with Crippen LogP contribution in [0.4, 0.5) is 0 Å². The summed E-state index contributed by atoms with van der Waals surface area (Å²) >= 11 is 1.69. The first kappa shape index (κ1) is 12.3. The summed E-state index contributed by atoms with van der Waals surface area (Å²) in [5, 5.41) is 10.2. The number of aromatic nitrogens is 3. The highest BCUT2D eigenvalue weighted by atomic mass is 32.1. The number of nitrogens with one attached hydrogen (secondary N) is 1. The van der Waals surface area contributed by atoms with Gasteiger partial charge in [0.15, 0.2) is 0 Å². The Kier molecular flexibility index (Phi) is 3.10. The predicted molar refractivity (Wildman–Crippen MR) is 73.2 cm³/mol. The summed E-state index contributed by atoms with van der Waals surface area (Å²) < 4.78 is 1.70. The van der Waals surface area contributed by atoms with E-state index in [0.717, 1.165) is 11.4 Å². The molecule has 1 N–H and O–H groups in total. The average molecular weight is 276 g/mol. The van der Waals surface area contributed by atoms with Gasteiger partial charge in [0.2, 0.25) is 0 Å². The highest BCUT2D eigenvalue weighted by molar-refractivity contribution is 7.09. The standard InChI is InChI=1S/C13H16N4OS/c1-8-5-11(16-17(8)2)12(18)14-6-10-7-19-13(15-10)9-3-4-9/h5,7,9H,3-4,6H2,1-2H3,(H,14,18). The smallest absolute Gasteiger partial charge is 0.272 e. The van der Waals surface area contributed by atoms with Gasteiger partial charge in [0.25, 0.3) is 5.91 Å². The fraction of sp³-hybridized carbons (Fsp3) is 0.462. The van der Waals surface area contributed by atoms with E-state index in [4.69, 9.17) is 0 Å². The summed E-state index contributed by atoms with van der Waals surface area (Å²) in [5.41, 5.74) is 2.36. The van der Waals surface area contributed by atoms with Crippen LogP contribution in [0.5, 0.6) is 0 Å². The van der Waals surface area contributed by atoms with E-state index in [9.17, 15) is 4.79 Å². The van der Waals surface area contributed by atoms with Crippen molar-refractivity contribution in [2.75, 3.05) is 0 Å². The average Bonchev–Trinajstić information content (AvgIpc) is 3.04. The van der Waals surface area contributed by atoms with Crippen molar-refractivity contribution in [1.29, 1.82) is 0 Å². The second kappa shape index (κ2) is 4.77. The van der Waals surface area contributed by atoms with Crippen LogP contribution >= 0.6 is 11.3 Å². The minimum absolute atomic E-state index is 0.148. The summed E-state index contributed by atoms with van der Waals surface area (Å²) in [6, 6.07) is 1.78. The van der Waals surface area contributed by atoms with Crippen LogP contribution in [0.25, 0.3) is 0 Å². The molecule has 1 fully saturated rings. The maximum Gasteiger partial charge on any atom is 0.272 e. The summed E-state index contributed by atoms with van der Waals surface area (Å²) in [5.74, 6) is 0.526. The summed E-state index contributed by atoms with van der Waals surface area (Å²) in [6.07, 6.45) is 2.51. The molecule has 1 amide bonds. The van der Waals surface area contributed by atoms with Gasteiger partial charge in [-0.2, -0.15) is 5.10 Å². The zero-order valence-electron chi connectivity index (χ0n) is 11.0. The van der Waals surface area contributed by atoms with E-state index < -0.39 is 0 Å². The van der Waals surface area contributed by atoms with E-state index in [1.165, 1.54) is 17.8 Å². The second-order valence-electron chi connectivity index (χ2n) is 4.93. The number of hydrogen-bond donors (Lipinski definition) is 1. The number of rotatable bonds is 4. The Morgan fingerprint density at radius 2 is 2.37 bits per heavy atom. The van der Waals surface area contributed by atoms with Crippen molar-refractivity contribution in [3.8, 4) is 0 Å². The lowest BCUT2D eigenvalue weighted by atomic mass is 10.3. The van der Waals surface area contributed by atoms with Crippen molar-refractivity contribution in [2.24, 2.45) is 7.05 Å². The van der Waals surface area contributed by atoms with Gasteiger partial charge < -0.3 is 5.32 Å². The number of carbonyl (C=O) groups is 1. The van der Waals surface area contributed by atoms with Crippen molar-refractivity contribution in [1.82, 2.24) is 20.1 Å². The fourth-order valence-corrected chi connectivity index (χ4v) is 2.85. The number of hydrogen-bond acceptors (Lipinski definition) is 4. The summed E-state index contributed by atoms with van der Waals surface area (Å²) in [7, 11) is 1.83. The van der Waals surface area contributed by atoms with Gasteiger partial charge in [-0.25, -0.2) is 4.98 Å². The molecule has 2 aromatic heterocycles. The molecule has 0 atom stereocenters. The van der Waals surface area contributed by atoms with Crippen LogP contribution in [-0.2, 0) is 13.6 Å². The molecule has 100 valence electrons. The van der Waals surface area contributed by atoms with Gasteiger partial charge in [0.1, 0.15) is 5.69 Å². The SMILES string of the molecule is Cc1cc(C(=O)NCc2csc(C3CC3)n2)nn1C.